The van der Waals surface area contributed by atoms with E-state index in [4.69, 9.17) is 9.47 Å². The molecule has 29 heavy (non-hydrogen) atoms. The van der Waals surface area contributed by atoms with Gasteiger partial charge in [0.25, 0.3) is 0 Å². The number of carbonyl (C=O) groups is 1. The Morgan fingerprint density at radius 2 is 1.86 bits per heavy atom. The molecule has 0 spiro atoms. The molecule has 0 radical (unpaired) electrons. The zero-order chi connectivity index (χ0) is 21.7. The van der Waals surface area contributed by atoms with Crippen LogP contribution in [-0.4, -0.2) is 31.0 Å². The molecule has 0 bridgehead atoms. The predicted octanol–water partition coefficient (Wildman–Crippen LogP) is 5.32. The lowest BCUT2D eigenvalue weighted by molar-refractivity contribution is -0.109. The van der Waals surface area contributed by atoms with Crippen LogP contribution in [0.1, 0.15) is 31.9 Å². The molecule has 158 valence electrons. The highest BCUT2D eigenvalue weighted by Gasteiger charge is 2.32. The Balaban J connectivity index is 2.35. The van der Waals surface area contributed by atoms with Crippen LogP contribution in [0.2, 0.25) is 0 Å². The number of thioether (sulfide) groups is 1. The second-order valence-corrected chi connectivity index (χ2v) is 10.0. The first-order valence-electron chi connectivity index (χ1n) is 9.16. The van der Waals surface area contributed by atoms with Crippen LogP contribution < -0.4 is 14.8 Å². The smallest absolute Gasteiger partial charge is 0.135 e. The van der Waals surface area contributed by atoms with E-state index in [1.54, 1.807) is 26.4 Å². The van der Waals surface area contributed by atoms with Crippen LogP contribution in [0.25, 0.3) is 0 Å². The Bertz CT molecular complexity index is 862. The number of methoxy groups -OCH3 is 2. The second-order valence-electron chi connectivity index (χ2n) is 7.50. The van der Waals surface area contributed by atoms with Gasteiger partial charge in [-0.1, -0.05) is 22.0 Å². The molecule has 1 atom stereocenters. The minimum absolute atomic E-state index is 0.297. The first-order chi connectivity index (χ1) is 13.6. The van der Waals surface area contributed by atoms with E-state index >= 15 is 0 Å². The fourth-order valence-electron chi connectivity index (χ4n) is 2.80. The highest BCUT2D eigenvalue weighted by molar-refractivity contribution is 9.10. The van der Waals surface area contributed by atoms with Crippen molar-refractivity contribution in [3.05, 3.63) is 57.8 Å². The maximum Gasteiger partial charge on any atom is 0.135 e. The van der Waals surface area contributed by atoms with Crippen molar-refractivity contribution in [1.82, 2.24) is 5.32 Å². The van der Waals surface area contributed by atoms with Crippen LogP contribution in [-0.2, 0) is 16.9 Å². The summed E-state index contributed by atoms with van der Waals surface area (Å²) in [5.41, 5.74) is 0.743. The zero-order valence-corrected chi connectivity index (χ0v) is 19.7. The van der Waals surface area contributed by atoms with Gasteiger partial charge in [-0.15, -0.1) is 11.8 Å². The van der Waals surface area contributed by atoms with E-state index < -0.39 is 10.3 Å². The van der Waals surface area contributed by atoms with E-state index in [2.05, 4.69) is 21.2 Å². The molecule has 0 saturated heterocycles. The number of hydrogen-bond donors (Lipinski definition) is 1. The van der Waals surface area contributed by atoms with Crippen LogP contribution in [0, 0.1) is 5.82 Å². The molecular weight excluding hydrogens is 457 g/mol. The van der Waals surface area contributed by atoms with E-state index in [0.717, 1.165) is 16.3 Å². The summed E-state index contributed by atoms with van der Waals surface area (Å²) in [7, 11) is 3.21. The second kappa shape index (κ2) is 9.96. The average Bonchev–Trinajstić information content (AvgIpc) is 2.72. The molecule has 0 aliphatic carbocycles. The first-order valence-corrected chi connectivity index (χ1v) is 10.9. The fourth-order valence-corrected chi connectivity index (χ4v) is 4.14. The molecule has 0 aliphatic rings. The molecule has 0 amide bonds. The first kappa shape index (κ1) is 23.7. The largest absolute Gasteiger partial charge is 0.497 e. The van der Waals surface area contributed by atoms with Gasteiger partial charge in [0, 0.05) is 34.0 Å². The summed E-state index contributed by atoms with van der Waals surface area (Å²) >= 11 is 4.92. The maximum absolute atomic E-state index is 14.8. The van der Waals surface area contributed by atoms with E-state index in [1.165, 1.54) is 17.8 Å². The van der Waals surface area contributed by atoms with Gasteiger partial charge in [0.05, 0.1) is 24.5 Å². The number of carbonyl (C=O) groups excluding carboxylic acids is 1. The van der Waals surface area contributed by atoms with Crippen LogP contribution in [0.5, 0.6) is 11.5 Å². The Hall–Kier alpha value is -1.57. The third kappa shape index (κ3) is 6.20. The Morgan fingerprint density at radius 1 is 1.14 bits per heavy atom. The summed E-state index contributed by atoms with van der Waals surface area (Å²) in [4.78, 5) is 11.4. The van der Waals surface area contributed by atoms with Crippen LogP contribution in [0.3, 0.4) is 0 Å². The molecule has 0 saturated carbocycles. The van der Waals surface area contributed by atoms with E-state index in [0.29, 0.717) is 29.4 Å². The van der Waals surface area contributed by atoms with Crippen molar-refractivity contribution in [3.8, 4) is 11.5 Å². The van der Waals surface area contributed by atoms with Gasteiger partial charge in [0.1, 0.15) is 23.6 Å². The quantitative estimate of drug-likeness (QED) is 0.463. The van der Waals surface area contributed by atoms with Crippen molar-refractivity contribution in [1.29, 1.82) is 0 Å². The van der Waals surface area contributed by atoms with E-state index in [1.807, 2.05) is 39.0 Å². The van der Waals surface area contributed by atoms with Gasteiger partial charge in [-0.05, 0) is 45.0 Å². The summed E-state index contributed by atoms with van der Waals surface area (Å²) in [6, 6.07) is 10.5. The summed E-state index contributed by atoms with van der Waals surface area (Å²) in [6.45, 7) is 6.11. The highest BCUT2D eigenvalue weighted by Crippen LogP contribution is 2.35. The number of halogens is 2. The van der Waals surface area contributed by atoms with Gasteiger partial charge in [-0.25, -0.2) is 4.39 Å². The molecule has 0 aliphatic heterocycles. The van der Waals surface area contributed by atoms with E-state index in [-0.39, 0.29) is 5.82 Å². The summed E-state index contributed by atoms with van der Waals surface area (Å²) in [5, 5.41) is 3.49. The number of aldehydes is 1. The molecule has 0 fully saturated rings. The van der Waals surface area contributed by atoms with Crippen LogP contribution in [0.4, 0.5) is 4.39 Å². The van der Waals surface area contributed by atoms with Crippen molar-refractivity contribution in [3.63, 3.8) is 0 Å². The Labute approximate surface area is 184 Å². The molecule has 0 heterocycles. The topological polar surface area (TPSA) is 47.6 Å². The third-order valence-electron chi connectivity index (χ3n) is 4.70. The van der Waals surface area contributed by atoms with Gasteiger partial charge in [-0.3, -0.25) is 0 Å². The van der Waals surface area contributed by atoms with Crippen molar-refractivity contribution in [2.45, 2.75) is 37.6 Å². The molecule has 2 aromatic rings. The van der Waals surface area contributed by atoms with Crippen LogP contribution in [0.15, 0.2) is 40.9 Å². The lowest BCUT2D eigenvalue weighted by Gasteiger charge is -2.34. The molecular formula is C22H27BrFNO3S. The zero-order valence-electron chi connectivity index (χ0n) is 17.3. The number of hydrogen-bond acceptors (Lipinski definition) is 5. The third-order valence-corrected chi connectivity index (χ3v) is 6.76. The summed E-state index contributed by atoms with van der Waals surface area (Å²) in [6.07, 6.45) is 0.919. The normalized spacial score (nSPS) is 13.6. The van der Waals surface area contributed by atoms with Gasteiger partial charge >= 0.3 is 0 Å². The average molecular weight is 484 g/mol. The molecule has 1 unspecified atom stereocenters. The number of rotatable bonds is 10. The minimum atomic E-state index is -0.719. The van der Waals surface area contributed by atoms with Crippen molar-refractivity contribution in [2.24, 2.45) is 0 Å². The van der Waals surface area contributed by atoms with Crippen molar-refractivity contribution in [2.75, 3.05) is 20.0 Å². The molecule has 2 rings (SSSR count). The van der Waals surface area contributed by atoms with Gasteiger partial charge in [-0.2, -0.15) is 0 Å². The van der Waals surface area contributed by atoms with Gasteiger partial charge in [0.2, 0.25) is 0 Å². The Kier molecular flexibility index (Phi) is 8.14. The predicted molar refractivity (Wildman–Crippen MR) is 120 cm³/mol. The van der Waals surface area contributed by atoms with Gasteiger partial charge in [0.15, 0.2) is 0 Å². The van der Waals surface area contributed by atoms with Gasteiger partial charge < -0.3 is 19.6 Å². The number of nitrogens with one attached hydrogen (secondary N) is 1. The fraction of sp³-hybridized carbons (Fsp3) is 0.409. The van der Waals surface area contributed by atoms with Crippen LogP contribution >= 0.6 is 27.7 Å². The van der Waals surface area contributed by atoms with E-state index in [9.17, 15) is 9.18 Å². The lowest BCUT2D eigenvalue weighted by Crippen LogP contribution is -2.43. The maximum atomic E-state index is 14.8. The summed E-state index contributed by atoms with van der Waals surface area (Å²) < 4.78 is 25.7. The minimum Gasteiger partial charge on any atom is -0.497 e. The molecule has 7 heteroatoms. The molecule has 1 N–H and O–H groups in total. The highest BCUT2D eigenvalue weighted by atomic mass is 79.9. The van der Waals surface area contributed by atoms with Crippen molar-refractivity contribution < 1.29 is 18.7 Å². The number of benzene rings is 2. The summed E-state index contributed by atoms with van der Waals surface area (Å²) in [5.74, 6) is 1.60. The van der Waals surface area contributed by atoms with Crippen molar-refractivity contribution >= 4 is 34.0 Å². The molecule has 0 aromatic heterocycles. The molecule has 2 aromatic carbocycles. The Morgan fingerprint density at radius 3 is 2.48 bits per heavy atom. The number of ether oxygens (including phenoxy) is 2. The molecule has 4 nitrogen and oxygen atoms in total. The standard InChI is InChI=1S/C22H27BrFNO3S/c1-21(2,13-26)29-14-22(3,18-10-16(23)7-9-19(18)24)25-12-15-6-8-17(27-4)11-20(15)28-5/h6-11,13,25H,12,14H2,1-5H3. The monoisotopic (exact) mass is 483 g/mol. The lowest BCUT2D eigenvalue weighted by atomic mass is 9.93. The SMILES string of the molecule is COc1ccc(CNC(C)(CSC(C)(C)C=O)c2cc(Br)ccc2F)c(OC)c1.